The van der Waals surface area contributed by atoms with Crippen LogP contribution in [-0.2, 0) is 9.53 Å². The van der Waals surface area contributed by atoms with Crippen LogP contribution in [-0.4, -0.2) is 28.4 Å². The van der Waals surface area contributed by atoms with Crippen LogP contribution in [0.1, 0.15) is 51.9 Å². The summed E-state index contributed by atoms with van der Waals surface area (Å²) in [6, 6.07) is 0. The molecule has 5 aliphatic rings. The molecule has 1 aliphatic heterocycles. The van der Waals surface area contributed by atoms with Crippen LogP contribution < -0.4 is 0 Å². The molecule has 0 saturated heterocycles. The molecule has 0 aromatic rings. The molecular formula is C18H24O4. The summed E-state index contributed by atoms with van der Waals surface area (Å²) in [5.74, 6) is 0.946. The van der Waals surface area contributed by atoms with E-state index in [9.17, 15) is 9.90 Å². The molecule has 0 aromatic heterocycles. The first-order chi connectivity index (χ1) is 10.5. The van der Waals surface area contributed by atoms with Gasteiger partial charge in [-0.15, -0.1) is 0 Å². The fourth-order valence-corrected chi connectivity index (χ4v) is 4.94. The van der Waals surface area contributed by atoms with Gasteiger partial charge in [0.2, 0.25) is 0 Å². The first-order valence-electron chi connectivity index (χ1n) is 8.49. The lowest BCUT2D eigenvalue weighted by Crippen LogP contribution is -2.46. The molecule has 0 radical (unpaired) electrons. The number of fused-ring (bicyclic) bond motifs is 2. The predicted octanol–water partition coefficient (Wildman–Crippen LogP) is 3.02. The quantitative estimate of drug-likeness (QED) is 0.787. The molecule has 4 nitrogen and oxygen atoms in total. The average Bonchev–Trinajstić information content (AvgIpc) is 2.50. The predicted molar refractivity (Wildman–Crippen MR) is 81.0 cm³/mol. The van der Waals surface area contributed by atoms with Crippen molar-refractivity contribution in [2.45, 2.75) is 64.1 Å². The third-order valence-electron chi connectivity index (χ3n) is 6.22. The number of hydrogen-bond donors (Lipinski definition) is 2. The van der Waals surface area contributed by atoms with E-state index in [2.05, 4.69) is 13.0 Å². The molecule has 1 fully saturated rings. The SMILES string of the molecule is CC1(CCC(=O)O)C=C2C(CC1)OC1=C3CCC(CC23)C1O. The lowest BCUT2D eigenvalue weighted by Gasteiger charge is -2.51. The molecule has 0 amide bonds. The molecule has 4 heteroatoms. The fourth-order valence-electron chi connectivity index (χ4n) is 4.94. The van der Waals surface area contributed by atoms with Gasteiger partial charge in [0, 0.05) is 12.3 Å². The van der Waals surface area contributed by atoms with Gasteiger partial charge in [0.15, 0.2) is 0 Å². The van der Waals surface area contributed by atoms with E-state index in [0.29, 0.717) is 18.3 Å². The first kappa shape index (κ1) is 14.3. The van der Waals surface area contributed by atoms with Gasteiger partial charge in [0.1, 0.15) is 18.0 Å². The zero-order chi connectivity index (χ0) is 15.5. The number of rotatable bonds is 3. The maximum Gasteiger partial charge on any atom is 0.303 e. The Bertz CT molecular complexity index is 576. The zero-order valence-electron chi connectivity index (χ0n) is 13.0. The van der Waals surface area contributed by atoms with E-state index >= 15 is 0 Å². The van der Waals surface area contributed by atoms with Crippen molar-refractivity contribution in [1.29, 1.82) is 0 Å². The number of aliphatic carboxylic acids is 1. The molecular weight excluding hydrogens is 280 g/mol. The second-order valence-corrected chi connectivity index (χ2v) is 7.76. The Balaban J connectivity index is 1.65. The monoisotopic (exact) mass is 304 g/mol. The topological polar surface area (TPSA) is 66.8 Å². The third-order valence-corrected chi connectivity index (χ3v) is 6.22. The Morgan fingerprint density at radius 2 is 2.27 bits per heavy atom. The largest absolute Gasteiger partial charge is 0.488 e. The van der Waals surface area contributed by atoms with E-state index in [4.69, 9.17) is 9.84 Å². The summed E-state index contributed by atoms with van der Waals surface area (Å²) >= 11 is 0. The van der Waals surface area contributed by atoms with Crippen molar-refractivity contribution in [3.63, 3.8) is 0 Å². The van der Waals surface area contributed by atoms with Gasteiger partial charge in [-0.2, -0.15) is 0 Å². The number of hydrogen-bond acceptors (Lipinski definition) is 3. The van der Waals surface area contributed by atoms with Crippen LogP contribution in [0.5, 0.6) is 0 Å². The van der Waals surface area contributed by atoms with Crippen molar-refractivity contribution in [3.05, 3.63) is 23.0 Å². The number of allylic oxidation sites excluding steroid dienone is 2. The molecule has 0 spiro atoms. The van der Waals surface area contributed by atoms with E-state index in [1.54, 1.807) is 0 Å². The van der Waals surface area contributed by atoms with Crippen LogP contribution in [0.25, 0.3) is 0 Å². The highest BCUT2D eigenvalue weighted by Crippen LogP contribution is 2.55. The highest BCUT2D eigenvalue weighted by molar-refractivity contribution is 5.66. The van der Waals surface area contributed by atoms with Gasteiger partial charge < -0.3 is 14.9 Å². The van der Waals surface area contributed by atoms with Crippen molar-refractivity contribution in [2.75, 3.05) is 0 Å². The van der Waals surface area contributed by atoms with Gasteiger partial charge in [-0.05, 0) is 61.0 Å². The molecule has 22 heavy (non-hydrogen) atoms. The van der Waals surface area contributed by atoms with Crippen LogP contribution in [0.4, 0.5) is 0 Å². The molecule has 2 N–H and O–H groups in total. The van der Waals surface area contributed by atoms with Crippen molar-refractivity contribution in [2.24, 2.45) is 17.3 Å². The normalized spacial score (nSPS) is 42.5. The van der Waals surface area contributed by atoms with Crippen molar-refractivity contribution in [1.82, 2.24) is 0 Å². The number of aliphatic hydroxyl groups is 1. The zero-order valence-corrected chi connectivity index (χ0v) is 13.0. The van der Waals surface area contributed by atoms with Gasteiger partial charge in [-0.25, -0.2) is 0 Å². The minimum Gasteiger partial charge on any atom is -0.488 e. The van der Waals surface area contributed by atoms with Crippen LogP contribution in [0, 0.1) is 17.3 Å². The number of carboxylic acid groups (broad SMARTS) is 1. The Hall–Kier alpha value is -1.29. The highest BCUT2D eigenvalue weighted by Gasteiger charge is 2.49. The molecule has 0 aromatic carbocycles. The molecule has 5 rings (SSSR count). The number of carboxylic acids is 1. The lowest BCUT2D eigenvalue weighted by atomic mass is 9.61. The van der Waals surface area contributed by atoms with Crippen molar-refractivity contribution < 1.29 is 19.7 Å². The minimum atomic E-state index is -0.716. The molecule has 4 aliphatic carbocycles. The van der Waals surface area contributed by atoms with Gasteiger partial charge in [0.05, 0.1) is 0 Å². The lowest BCUT2D eigenvalue weighted by molar-refractivity contribution is -0.137. The molecule has 5 atom stereocenters. The Morgan fingerprint density at radius 1 is 1.45 bits per heavy atom. The van der Waals surface area contributed by atoms with Crippen molar-refractivity contribution in [3.8, 4) is 0 Å². The summed E-state index contributed by atoms with van der Waals surface area (Å²) < 4.78 is 6.17. The van der Waals surface area contributed by atoms with Gasteiger partial charge >= 0.3 is 5.97 Å². The summed E-state index contributed by atoms with van der Waals surface area (Å²) in [6.45, 7) is 2.18. The Morgan fingerprint density at radius 3 is 3.05 bits per heavy atom. The molecule has 4 bridgehead atoms. The standard InChI is InChI=1S/C18H24O4/c1-18(7-5-15(19)20)6-4-14-13(9-18)12-8-10-2-3-11(12)17(22-14)16(10)21/h9-10,12,14,16,21H,2-8H2,1H3,(H,19,20). The van der Waals surface area contributed by atoms with Crippen LogP contribution in [0.2, 0.25) is 0 Å². The first-order valence-corrected chi connectivity index (χ1v) is 8.49. The van der Waals surface area contributed by atoms with Crippen LogP contribution in [0.3, 0.4) is 0 Å². The van der Waals surface area contributed by atoms with E-state index in [-0.39, 0.29) is 24.0 Å². The van der Waals surface area contributed by atoms with E-state index in [1.165, 1.54) is 11.1 Å². The third kappa shape index (κ3) is 2.11. The fraction of sp³-hybridized carbons (Fsp3) is 0.722. The highest BCUT2D eigenvalue weighted by atomic mass is 16.5. The van der Waals surface area contributed by atoms with E-state index < -0.39 is 5.97 Å². The summed E-state index contributed by atoms with van der Waals surface area (Å²) in [4.78, 5) is 10.9. The van der Waals surface area contributed by atoms with Gasteiger partial charge in [0.25, 0.3) is 0 Å². The van der Waals surface area contributed by atoms with Gasteiger partial charge in [-0.3, -0.25) is 4.79 Å². The van der Waals surface area contributed by atoms with Crippen LogP contribution >= 0.6 is 0 Å². The summed E-state index contributed by atoms with van der Waals surface area (Å²) in [5, 5.41) is 19.3. The molecule has 1 saturated carbocycles. The Kier molecular flexibility index (Phi) is 3.16. The van der Waals surface area contributed by atoms with Crippen molar-refractivity contribution >= 4 is 5.97 Å². The number of ether oxygens (including phenoxy) is 1. The molecule has 1 heterocycles. The summed E-state index contributed by atoms with van der Waals surface area (Å²) in [5.41, 5.74) is 2.66. The second-order valence-electron chi connectivity index (χ2n) is 7.76. The number of aliphatic hydroxyl groups excluding tert-OH is 1. The van der Waals surface area contributed by atoms with E-state index in [1.807, 2.05) is 0 Å². The average molecular weight is 304 g/mol. The summed E-state index contributed by atoms with van der Waals surface area (Å²) in [7, 11) is 0. The minimum absolute atomic E-state index is 0.0268. The second kappa shape index (κ2) is 4.85. The smallest absolute Gasteiger partial charge is 0.303 e. The van der Waals surface area contributed by atoms with Crippen LogP contribution in [0.15, 0.2) is 23.0 Å². The molecule has 120 valence electrons. The maximum atomic E-state index is 10.9. The van der Waals surface area contributed by atoms with Gasteiger partial charge in [-0.1, -0.05) is 13.0 Å². The Labute approximate surface area is 130 Å². The number of carbonyl (C=O) groups is 1. The summed E-state index contributed by atoms with van der Waals surface area (Å²) in [6.07, 6.45) is 8.04. The van der Waals surface area contributed by atoms with E-state index in [0.717, 1.165) is 37.9 Å². The molecule has 5 unspecified atom stereocenters. The maximum absolute atomic E-state index is 10.9.